The first-order chi connectivity index (χ1) is 60.4. The molecule has 0 aliphatic carbocycles. The van der Waals surface area contributed by atoms with E-state index in [1.165, 1.54) is 0 Å². The summed E-state index contributed by atoms with van der Waals surface area (Å²) in [6, 6.07) is 1.63. The van der Waals surface area contributed by atoms with Gasteiger partial charge in [0.2, 0.25) is 0 Å². The van der Waals surface area contributed by atoms with E-state index >= 15 is 0 Å². The minimum atomic E-state index is 1.63. The molecule has 1 heteroatoms. The van der Waals surface area contributed by atoms with Gasteiger partial charge in [0.15, 0.2) is 6.07 Å². The van der Waals surface area contributed by atoms with Crippen molar-refractivity contribution < 1.29 is 0 Å². The third-order valence-electron chi connectivity index (χ3n) is 7.43. The Morgan fingerprint density at radius 1 is 0.0661 bits per heavy atom. The van der Waals surface area contributed by atoms with E-state index < -0.39 is 0 Å². The van der Waals surface area contributed by atoms with Gasteiger partial charge in [0.1, 0.15) is 0 Å². The molecule has 0 bridgehead atoms. The first-order valence-electron chi connectivity index (χ1n) is 30.2. The fourth-order valence-corrected chi connectivity index (χ4v) is 3.68. The van der Waals surface area contributed by atoms with Gasteiger partial charge in [-0.3, -0.25) is 0 Å². The maximum absolute atomic E-state index is 8.23. The summed E-state index contributed by atoms with van der Waals surface area (Å²) in [4.78, 5) is 0. The van der Waals surface area contributed by atoms with Crippen LogP contribution in [0.4, 0.5) is 0 Å². The van der Waals surface area contributed by atoms with Gasteiger partial charge in [-0.25, -0.2) is 0 Å². The summed E-state index contributed by atoms with van der Waals surface area (Å²) in [5.41, 5.74) is 0. The lowest BCUT2D eigenvalue weighted by Gasteiger charge is -1.58. The maximum atomic E-state index is 8.23. The summed E-state index contributed by atoms with van der Waals surface area (Å²) in [5, 5.41) is 8.23. The van der Waals surface area contributed by atoms with Gasteiger partial charge in [-0.1, -0.05) is 5.92 Å². The lowest BCUT2D eigenvalue weighted by Crippen LogP contribution is -1.57. The molecule has 0 unspecified atom stereocenters. The molecule has 488 valence electrons. The molecule has 0 aromatic rings. The fraction of sp³-hybridized carbons (Fsp3) is 0.00833. The van der Waals surface area contributed by atoms with E-state index in [4.69, 9.17) is 5.26 Å². The summed E-state index contributed by atoms with van der Waals surface area (Å²) in [7, 11) is 0. The molecule has 0 aromatic heterocycles. The molecule has 0 heterocycles. The molecule has 0 amide bonds. The van der Waals surface area contributed by atoms with Crippen molar-refractivity contribution in [3.8, 4) is 705 Å². The Kier molecular flexibility index (Phi) is 73.1. The second kappa shape index (κ2) is 93.5. The third-order valence-corrected chi connectivity index (χ3v) is 7.43. The van der Waals surface area contributed by atoms with Crippen LogP contribution in [0.25, 0.3) is 0 Å². The standard InChI is InChI=1S/C120H3N/c1-2-3-4-5-6-7-8-9-10-11-12-13-14-15-16-17-18-19-20-21-22-23-24-25-26-27-28-29-30-31-32-33-34-35-36-37-38-39-40-41-42-43-44-45-46-47-48-49-50-51-52-53-54-55-56-57-58-59-60-61-62-63-64-65-66-67-68-69-70-71-72-73-74-75-76-77-78-79-80-81-82-83-84-85-86-87-88-89-90-91-92-93-94-95-96-97-98-99-100-101-102-103-104-105-106-107-108-109-110-111-112-113-114-115-116-117-118-119-120-121/h1H3. The van der Waals surface area contributed by atoms with Crippen LogP contribution in [0.5, 0.6) is 0 Å². The van der Waals surface area contributed by atoms with E-state index in [-0.39, 0.29) is 0 Å². The van der Waals surface area contributed by atoms with Crippen LogP contribution in [-0.4, -0.2) is 0 Å². The SMILES string of the molecule is CC#CC#CC#CC#CC#CC#CC#CC#CC#CC#CC#CC#CC#CC#CC#CC#CC#CC#CC#CC#CC#CC#CC#CC#CC#CC#CC#CC#CC#CC#CC#CC#CC#CC#CC#CC#CC#CC#CC#CC#CC#CC#CC#CC#CC#CC#CC#CC#CC#CC#CC#CC#CC#CC#CC#CC#CC#CC#CC#CC#N. The number of rotatable bonds is 0. The van der Waals surface area contributed by atoms with Crippen LogP contribution in [0.3, 0.4) is 0 Å². The summed E-state index contributed by atoms with van der Waals surface area (Å²) in [6.07, 6.45) is 0. The molecule has 0 N–H and O–H groups in total. The predicted molar refractivity (Wildman–Crippen MR) is 470 cm³/mol. The Morgan fingerprint density at radius 3 is 0.149 bits per heavy atom. The Bertz CT molecular complexity index is 8510. The van der Waals surface area contributed by atoms with Crippen molar-refractivity contribution in [2.75, 3.05) is 0 Å². The Morgan fingerprint density at radius 2 is 0.107 bits per heavy atom. The van der Waals surface area contributed by atoms with Crippen LogP contribution in [0.2, 0.25) is 0 Å². The minimum absolute atomic E-state index is 1.63. The normalized spacial score (nSPS) is 3.97. The highest BCUT2D eigenvalue weighted by molar-refractivity contribution is 5.58. The molecular formula is C120H3N. The van der Waals surface area contributed by atoms with Crippen molar-refractivity contribution in [1.82, 2.24) is 0 Å². The molecule has 0 aliphatic rings. The molecule has 1 nitrogen and oxygen atoms in total. The summed E-state index contributed by atoms with van der Waals surface area (Å²) >= 11 is 0. The lowest BCUT2D eigenvalue weighted by molar-refractivity contribution is 1.55. The molecular weight excluding hydrogens is 1460 g/mol. The zero-order valence-corrected chi connectivity index (χ0v) is 60.9. The maximum Gasteiger partial charge on any atom is 0.153 e. The minimum Gasteiger partial charge on any atom is -0.183 e. The number of hydrogen-bond acceptors (Lipinski definition) is 1. The molecule has 0 aromatic carbocycles. The molecule has 0 spiro atoms. The Labute approximate surface area is 712 Å². The molecule has 0 saturated heterocycles. The van der Waals surface area contributed by atoms with Gasteiger partial charge in [-0.05, 0) is 54.3 Å². The largest absolute Gasteiger partial charge is 0.183 e. The smallest absolute Gasteiger partial charge is 0.153 e. The van der Waals surface area contributed by atoms with E-state index in [1.54, 1.807) is 13.0 Å². The molecule has 0 aliphatic heterocycles. The van der Waals surface area contributed by atoms with E-state index in [1.807, 2.05) is 0 Å². The predicted octanol–water partition coefficient (Wildman–Crippen LogP) is 0.730. The van der Waals surface area contributed by atoms with Crippen LogP contribution in [0.1, 0.15) is 6.92 Å². The van der Waals surface area contributed by atoms with Gasteiger partial charge in [0.25, 0.3) is 0 Å². The second-order valence-corrected chi connectivity index (χ2v) is 15.0. The number of nitriles is 1. The van der Waals surface area contributed by atoms with Gasteiger partial charge in [-0.2, -0.15) is 5.26 Å². The first-order valence-corrected chi connectivity index (χ1v) is 30.2. The van der Waals surface area contributed by atoms with Crippen molar-refractivity contribution in [1.29, 1.82) is 5.26 Å². The van der Waals surface area contributed by atoms with Gasteiger partial charge in [0, 0.05) is 645 Å². The summed E-state index contributed by atoms with van der Waals surface area (Å²) in [6.45, 7) is 1.68. The monoisotopic (exact) mass is 1460 g/mol. The van der Waals surface area contributed by atoms with Crippen LogP contribution in [-0.2, 0) is 0 Å². The van der Waals surface area contributed by atoms with Crippen molar-refractivity contribution in [2.45, 2.75) is 6.92 Å². The van der Waals surface area contributed by atoms with Gasteiger partial charge in [-0.15, -0.1) is 0 Å². The third kappa shape index (κ3) is 93.5. The van der Waals surface area contributed by atoms with Crippen LogP contribution in [0.15, 0.2) is 0 Å². The molecule has 0 fully saturated rings. The van der Waals surface area contributed by atoms with Gasteiger partial charge in [0.05, 0.1) is 0 Å². The average molecular weight is 1460 g/mol. The number of hydrogen-bond donors (Lipinski definition) is 0. The molecule has 0 rings (SSSR count). The topological polar surface area (TPSA) is 23.8 Å². The van der Waals surface area contributed by atoms with Gasteiger partial charge < -0.3 is 0 Å². The van der Waals surface area contributed by atoms with Gasteiger partial charge >= 0.3 is 0 Å². The van der Waals surface area contributed by atoms with E-state index in [2.05, 4.69) is 699 Å². The van der Waals surface area contributed by atoms with Crippen molar-refractivity contribution >= 4 is 0 Å². The summed E-state index contributed by atoms with van der Waals surface area (Å²) < 4.78 is 0. The average Bonchev–Trinajstić information content (AvgIpc) is 2.28. The Hall–Kier alpha value is -26.5. The second-order valence-electron chi connectivity index (χ2n) is 15.0. The molecule has 0 saturated carbocycles. The zero-order valence-electron chi connectivity index (χ0n) is 60.9. The number of nitrogens with zero attached hydrogens (tertiary/aromatic N) is 1. The quantitative estimate of drug-likeness (QED) is 0.329. The van der Waals surface area contributed by atoms with Crippen molar-refractivity contribution in [3.05, 3.63) is 0 Å². The Balaban J connectivity index is 4.65. The highest BCUT2D eigenvalue weighted by Gasteiger charge is 1.69. The van der Waals surface area contributed by atoms with Crippen LogP contribution >= 0.6 is 0 Å². The van der Waals surface area contributed by atoms with Crippen molar-refractivity contribution in [2.24, 2.45) is 0 Å². The van der Waals surface area contributed by atoms with Crippen LogP contribution < -0.4 is 0 Å². The highest BCUT2D eigenvalue weighted by Crippen LogP contribution is 1.69. The highest BCUT2D eigenvalue weighted by atomic mass is 14.2. The lowest BCUT2D eigenvalue weighted by atomic mass is 10.4. The van der Waals surface area contributed by atoms with E-state index in [0.29, 0.717) is 0 Å². The first kappa shape index (κ1) is 94.5. The van der Waals surface area contributed by atoms with Crippen molar-refractivity contribution in [3.63, 3.8) is 0 Å². The molecule has 121 heavy (non-hydrogen) atoms. The van der Waals surface area contributed by atoms with Crippen LogP contribution in [0, 0.1) is 710 Å². The summed E-state index contributed by atoms with van der Waals surface area (Å²) in [5.74, 6) is 294. The molecule has 0 radical (unpaired) electrons. The van der Waals surface area contributed by atoms with E-state index in [0.717, 1.165) is 0 Å². The fourth-order valence-electron chi connectivity index (χ4n) is 3.68. The van der Waals surface area contributed by atoms with E-state index in [9.17, 15) is 0 Å². The molecule has 0 atom stereocenters. The zero-order chi connectivity index (χ0) is 86.1.